The summed E-state index contributed by atoms with van der Waals surface area (Å²) in [5.74, 6) is 1.03. The molecule has 1 aliphatic carbocycles. The summed E-state index contributed by atoms with van der Waals surface area (Å²) in [4.78, 5) is 14.0. The maximum atomic E-state index is 12.2. The van der Waals surface area contributed by atoms with Crippen molar-refractivity contribution in [2.75, 3.05) is 12.8 Å². The fourth-order valence-corrected chi connectivity index (χ4v) is 2.98. The first-order chi connectivity index (χ1) is 9.65. The molecule has 1 saturated carbocycles. The zero-order valence-corrected chi connectivity index (χ0v) is 12.5. The van der Waals surface area contributed by atoms with Gasteiger partial charge in [-0.2, -0.15) is 0 Å². The Labute approximate surface area is 122 Å². The van der Waals surface area contributed by atoms with Crippen LogP contribution in [0.3, 0.4) is 0 Å². The zero-order chi connectivity index (χ0) is 14.4. The van der Waals surface area contributed by atoms with Crippen molar-refractivity contribution in [3.63, 3.8) is 0 Å². The number of amides is 1. The number of rotatable bonds is 5. The first-order valence-electron chi connectivity index (χ1n) is 7.73. The monoisotopic (exact) mass is 274 g/mol. The van der Waals surface area contributed by atoms with E-state index in [1.807, 2.05) is 36.2 Å². The predicted molar refractivity (Wildman–Crippen MR) is 83.1 cm³/mol. The number of carbonyl (C=O) groups excluding carboxylic acids is 1. The van der Waals surface area contributed by atoms with Crippen molar-refractivity contribution >= 4 is 11.6 Å². The van der Waals surface area contributed by atoms with Gasteiger partial charge in [-0.05, 0) is 30.0 Å². The molecule has 0 aromatic heterocycles. The summed E-state index contributed by atoms with van der Waals surface area (Å²) in [5.41, 5.74) is 7.56. The van der Waals surface area contributed by atoms with Gasteiger partial charge in [-0.1, -0.05) is 44.2 Å². The molecule has 0 saturated heterocycles. The lowest BCUT2D eigenvalue weighted by atomic mass is 9.86. The third-order valence-electron chi connectivity index (χ3n) is 4.32. The van der Waals surface area contributed by atoms with Crippen LogP contribution in [0.2, 0.25) is 0 Å². The van der Waals surface area contributed by atoms with Gasteiger partial charge in [0.2, 0.25) is 5.91 Å². The van der Waals surface area contributed by atoms with Gasteiger partial charge < -0.3 is 10.6 Å². The van der Waals surface area contributed by atoms with Crippen molar-refractivity contribution in [2.45, 2.75) is 51.5 Å². The van der Waals surface area contributed by atoms with E-state index in [4.69, 9.17) is 5.73 Å². The van der Waals surface area contributed by atoms with Gasteiger partial charge in [0.05, 0.1) is 0 Å². The van der Waals surface area contributed by atoms with Gasteiger partial charge in [-0.3, -0.25) is 4.79 Å². The molecule has 20 heavy (non-hydrogen) atoms. The quantitative estimate of drug-likeness (QED) is 0.834. The highest BCUT2D eigenvalue weighted by molar-refractivity contribution is 5.75. The van der Waals surface area contributed by atoms with E-state index in [0.717, 1.165) is 23.6 Å². The van der Waals surface area contributed by atoms with Gasteiger partial charge in [0.15, 0.2) is 0 Å². The minimum atomic E-state index is 0.257. The minimum absolute atomic E-state index is 0.257. The Morgan fingerprint density at radius 1 is 1.20 bits per heavy atom. The number of carbonyl (C=O) groups is 1. The Hall–Kier alpha value is -1.51. The van der Waals surface area contributed by atoms with E-state index >= 15 is 0 Å². The molecule has 0 bridgehead atoms. The number of hydrogen-bond acceptors (Lipinski definition) is 2. The fourth-order valence-electron chi connectivity index (χ4n) is 2.98. The maximum Gasteiger partial charge on any atom is 0.222 e. The highest BCUT2D eigenvalue weighted by Gasteiger charge is 2.16. The number of nitrogens with two attached hydrogens (primary N) is 1. The first kappa shape index (κ1) is 14.9. The lowest BCUT2D eigenvalue weighted by Gasteiger charge is -2.23. The second kappa shape index (κ2) is 7.32. The Morgan fingerprint density at radius 2 is 1.85 bits per heavy atom. The summed E-state index contributed by atoms with van der Waals surface area (Å²) in [6, 6.07) is 7.74. The molecule has 0 unspecified atom stereocenters. The maximum absolute atomic E-state index is 12.2. The van der Waals surface area contributed by atoms with E-state index in [9.17, 15) is 4.79 Å². The van der Waals surface area contributed by atoms with Gasteiger partial charge in [-0.15, -0.1) is 0 Å². The zero-order valence-electron chi connectivity index (χ0n) is 12.5. The third-order valence-corrected chi connectivity index (χ3v) is 4.32. The van der Waals surface area contributed by atoms with Crippen molar-refractivity contribution in [1.82, 2.24) is 4.90 Å². The van der Waals surface area contributed by atoms with Crippen LogP contribution in [0.15, 0.2) is 24.3 Å². The highest BCUT2D eigenvalue weighted by Crippen LogP contribution is 2.27. The van der Waals surface area contributed by atoms with Gasteiger partial charge in [-0.25, -0.2) is 0 Å². The molecule has 0 heterocycles. The molecule has 3 heteroatoms. The van der Waals surface area contributed by atoms with Crippen molar-refractivity contribution in [3.05, 3.63) is 29.8 Å². The van der Waals surface area contributed by atoms with Crippen LogP contribution in [0.5, 0.6) is 0 Å². The molecule has 3 nitrogen and oxygen atoms in total. The van der Waals surface area contributed by atoms with E-state index in [2.05, 4.69) is 0 Å². The fraction of sp³-hybridized carbons (Fsp3) is 0.588. The topological polar surface area (TPSA) is 46.3 Å². The van der Waals surface area contributed by atoms with Crippen molar-refractivity contribution in [1.29, 1.82) is 0 Å². The molecule has 1 aliphatic rings. The Balaban J connectivity index is 1.75. The average molecular weight is 274 g/mol. The minimum Gasteiger partial charge on any atom is -0.399 e. The summed E-state index contributed by atoms with van der Waals surface area (Å²) in [7, 11) is 1.89. The number of nitrogen functional groups attached to an aromatic ring is 1. The van der Waals surface area contributed by atoms with Crippen molar-refractivity contribution in [2.24, 2.45) is 5.92 Å². The highest BCUT2D eigenvalue weighted by atomic mass is 16.2. The van der Waals surface area contributed by atoms with Crippen LogP contribution in [0.1, 0.15) is 50.5 Å². The van der Waals surface area contributed by atoms with Crippen LogP contribution in [0.4, 0.5) is 5.69 Å². The Kier molecular flexibility index (Phi) is 5.45. The average Bonchev–Trinajstić information content (AvgIpc) is 2.48. The molecule has 1 amide bonds. The summed E-state index contributed by atoms with van der Waals surface area (Å²) in [6.07, 6.45) is 8.45. The van der Waals surface area contributed by atoms with Crippen LogP contribution in [-0.2, 0) is 11.3 Å². The van der Waals surface area contributed by atoms with E-state index in [1.165, 1.54) is 32.1 Å². The van der Waals surface area contributed by atoms with Crippen molar-refractivity contribution < 1.29 is 4.79 Å². The summed E-state index contributed by atoms with van der Waals surface area (Å²) in [5, 5.41) is 0. The normalized spacial score (nSPS) is 16.1. The summed E-state index contributed by atoms with van der Waals surface area (Å²) < 4.78 is 0. The molecule has 1 aromatic carbocycles. The van der Waals surface area contributed by atoms with Crippen LogP contribution in [0.25, 0.3) is 0 Å². The van der Waals surface area contributed by atoms with Crippen LogP contribution in [-0.4, -0.2) is 17.9 Å². The number of hydrogen-bond donors (Lipinski definition) is 1. The van der Waals surface area contributed by atoms with Gasteiger partial charge in [0.25, 0.3) is 0 Å². The molecule has 0 aliphatic heterocycles. The molecule has 2 N–H and O–H groups in total. The van der Waals surface area contributed by atoms with Crippen LogP contribution < -0.4 is 5.73 Å². The van der Waals surface area contributed by atoms with Crippen LogP contribution >= 0.6 is 0 Å². The molecule has 1 fully saturated rings. The molecule has 2 rings (SSSR count). The van der Waals surface area contributed by atoms with E-state index < -0.39 is 0 Å². The SMILES string of the molecule is CN(Cc1ccc(N)cc1)C(=O)CCC1CCCCC1. The van der Waals surface area contributed by atoms with Gasteiger partial charge >= 0.3 is 0 Å². The molecule has 0 atom stereocenters. The van der Waals surface area contributed by atoms with Gasteiger partial charge in [0.1, 0.15) is 0 Å². The predicted octanol–water partition coefficient (Wildman–Crippen LogP) is 3.59. The lowest BCUT2D eigenvalue weighted by molar-refractivity contribution is -0.130. The lowest BCUT2D eigenvalue weighted by Crippen LogP contribution is -2.26. The second-order valence-electron chi connectivity index (χ2n) is 6.03. The van der Waals surface area contributed by atoms with E-state index in [-0.39, 0.29) is 5.91 Å². The first-order valence-corrected chi connectivity index (χ1v) is 7.73. The molecule has 110 valence electrons. The molecular weight excluding hydrogens is 248 g/mol. The Morgan fingerprint density at radius 3 is 2.50 bits per heavy atom. The van der Waals surface area contributed by atoms with Gasteiger partial charge in [0, 0.05) is 25.7 Å². The molecule has 0 spiro atoms. The smallest absolute Gasteiger partial charge is 0.222 e. The van der Waals surface area contributed by atoms with Crippen LogP contribution in [0, 0.1) is 5.92 Å². The molecule has 0 radical (unpaired) electrons. The van der Waals surface area contributed by atoms with Crippen molar-refractivity contribution in [3.8, 4) is 0 Å². The second-order valence-corrected chi connectivity index (χ2v) is 6.03. The Bertz CT molecular complexity index is 421. The standard InChI is InChI=1S/C17H26N2O/c1-19(13-15-7-10-16(18)11-8-15)17(20)12-9-14-5-3-2-4-6-14/h7-8,10-11,14H,2-6,9,12-13,18H2,1H3. The van der Waals surface area contributed by atoms with E-state index in [0.29, 0.717) is 13.0 Å². The third kappa shape index (κ3) is 4.55. The number of benzene rings is 1. The number of anilines is 1. The molecular formula is C17H26N2O. The number of nitrogens with zero attached hydrogens (tertiary/aromatic N) is 1. The molecule has 1 aromatic rings. The largest absolute Gasteiger partial charge is 0.399 e. The summed E-state index contributed by atoms with van der Waals surface area (Å²) >= 11 is 0. The summed E-state index contributed by atoms with van der Waals surface area (Å²) in [6.45, 7) is 0.670. The van der Waals surface area contributed by atoms with E-state index in [1.54, 1.807) is 0 Å².